The second kappa shape index (κ2) is 8.49. The van der Waals surface area contributed by atoms with Gasteiger partial charge in [-0.1, -0.05) is 18.2 Å². The van der Waals surface area contributed by atoms with Crippen LogP contribution in [0.5, 0.6) is 0 Å². The first-order valence-electron chi connectivity index (χ1n) is 10.5. The molecule has 1 saturated heterocycles. The summed E-state index contributed by atoms with van der Waals surface area (Å²) in [6.45, 7) is 4.61. The standard InChI is InChI=1S/C23H20ClN5O3S/c1-2-17(30)28-11-3-4-14(12-28)26-21(31)20-19-18-16(9-10-25-22(18)33-20)29(23(32)27-19)15-7-5-13(24)6-8-15/h2,5-10,14H,1,3-4,11-12H2,(H,26,31)(H,27,32). The van der Waals surface area contributed by atoms with E-state index in [-0.39, 0.29) is 23.9 Å². The van der Waals surface area contributed by atoms with Gasteiger partial charge in [0.1, 0.15) is 9.71 Å². The predicted molar refractivity (Wildman–Crippen MR) is 129 cm³/mol. The number of rotatable bonds is 4. The minimum Gasteiger partial charge on any atom is -0.347 e. The maximum absolute atomic E-state index is 13.2. The second-order valence-electron chi connectivity index (χ2n) is 7.86. The molecule has 168 valence electrons. The van der Waals surface area contributed by atoms with E-state index in [9.17, 15) is 14.4 Å². The SMILES string of the molecule is C=CC(=O)N1CCCC(NC(=O)c2sc3nccc4c3c2NC(=O)N4c2ccc(Cl)cc2)C1. The van der Waals surface area contributed by atoms with Crippen LogP contribution in [0.4, 0.5) is 21.9 Å². The molecule has 0 aliphatic carbocycles. The van der Waals surface area contributed by atoms with Crippen molar-refractivity contribution >= 4 is 68.1 Å². The molecule has 10 heteroatoms. The number of halogens is 1. The van der Waals surface area contributed by atoms with Crippen molar-refractivity contribution in [2.45, 2.75) is 18.9 Å². The van der Waals surface area contributed by atoms with Crippen LogP contribution in [0.3, 0.4) is 0 Å². The van der Waals surface area contributed by atoms with Crippen molar-refractivity contribution in [1.82, 2.24) is 15.2 Å². The Morgan fingerprint density at radius 1 is 1.27 bits per heavy atom. The molecule has 3 aromatic rings. The summed E-state index contributed by atoms with van der Waals surface area (Å²) in [6.07, 6.45) is 4.48. The Kier molecular flexibility index (Phi) is 5.51. The summed E-state index contributed by atoms with van der Waals surface area (Å²) in [7, 11) is 0. The van der Waals surface area contributed by atoms with E-state index in [1.807, 2.05) is 0 Å². The third-order valence-corrected chi connectivity index (χ3v) is 7.13. The molecular weight excluding hydrogens is 462 g/mol. The van der Waals surface area contributed by atoms with Crippen LogP contribution in [0.2, 0.25) is 5.02 Å². The zero-order valence-electron chi connectivity index (χ0n) is 17.5. The molecule has 0 saturated carbocycles. The summed E-state index contributed by atoms with van der Waals surface area (Å²) in [5.41, 5.74) is 1.76. The summed E-state index contributed by atoms with van der Waals surface area (Å²) in [6, 6.07) is 8.17. The van der Waals surface area contributed by atoms with E-state index in [1.54, 1.807) is 46.3 Å². The fourth-order valence-corrected chi connectivity index (χ4v) is 5.41. The predicted octanol–water partition coefficient (Wildman–Crippen LogP) is 4.54. The van der Waals surface area contributed by atoms with Gasteiger partial charge in [-0.05, 0) is 49.2 Å². The number of carbonyl (C=O) groups is 3. The number of aromatic nitrogens is 1. The molecule has 0 bridgehead atoms. The van der Waals surface area contributed by atoms with Crippen molar-refractivity contribution in [1.29, 1.82) is 0 Å². The minimum atomic E-state index is -0.370. The molecular formula is C23H20ClN5O3S. The van der Waals surface area contributed by atoms with Crippen molar-refractivity contribution in [3.8, 4) is 0 Å². The maximum Gasteiger partial charge on any atom is 0.331 e. The van der Waals surface area contributed by atoms with Crippen molar-refractivity contribution in [2.24, 2.45) is 0 Å². The van der Waals surface area contributed by atoms with E-state index in [1.165, 1.54) is 17.4 Å². The summed E-state index contributed by atoms with van der Waals surface area (Å²) in [4.78, 5) is 46.9. The lowest BCUT2D eigenvalue weighted by atomic mass is 10.1. The number of carbonyl (C=O) groups excluding carboxylic acids is 3. The highest BCUT2D eigenvalue weighted by Gasteiger charge is 2.33. The maximum atomic E-state index is 13.2. The first kappa shape index (κ1) is 21.4. The average molecular weight is 482 g/mol. The Hall–Kier alpha value is -3.43. The topological polar surface area (TPSA) is 94.6 Å². The Balaban J connectivity index is 1.47. The van der Waals surface area contributed by atoms with E-state index in [2.05, 4.69) is 22.2 Å². The molecule has 2 aliphatic heterocycles. The molecule has 1 atom stereocenters. The molecule has 1 unspecified atom stereocenters. The monoisotopic (exact) mass is 481 g/mol. The number of thiophene rings is 1. The fourth-order valence-electron chi connectivity index (χ4n) is 4.27. The number of anilines is 3. The molecule has 1 fully saturated rings. The van der Waals surface area contributed by atoms with Gasteiger partial charge < -0.3 is 15.5 Å². The van der Waals surface area contributed by atoms with Crippen LogP contribution >= 0.6 is 22.9 Å². The van der Waals surface area contributed by atoms with E-state index < -0.39 is 0 Å². The lowest BCUT2D eigenvalue weighted by Crippen LogP contribution is -2.49. The van der Waals surface area contributed by atoms with Gasteiger partial charge in [0.25, 0.3) is 5.91 Å². The van der Waals surface area contributed by atoms with Crippen LogP contribution < -0.4 is 15.5 Å². The number of likely N-dealkylation sites (tertiary alicyclic amines) is 1. The number of urea groups is 1. The largest absolute Gasteiger partial charge is 0.347 e. The Bertz CT molecular complexity index is 1290. The second-order valence-corrected chi connectivity index (χ2v) is 9.29. The van der Waals surface area contributed by atoms with Gasteiger partial charge in [0, 0.05) is 30.4 Å². The van der Waals surface area contributed by atoms with Crippen molar-refractivity contribution in [2.75, 3.05) is 23.3 Å². The van der Waals surface area contributed by atoms with Crippen LogP contribution in [-0.2, 0) is 4.79 Å². The molecule has 1 aromatic carbocycles. The zero-order valence-corrected chi connectivity index (χ0v) is 19.1. The van der Waals surface area contributed by atoms with Crippen LogP contribution in [0.25, 0.3) is 10.2 Å². The smallest absolute Gasteiger partial charge is 0.331 e. The first-order chi connectivity index (χ1) is 16.0. The average Bonchev–Trinajstić information content (AvgIpc) is 3.19. The third kappa shape index (κ3) is 3.83. The highest BCUT2D eigenvalue weighted by Crippen LogP contribution is 2.45. The van der Waals surface area contributed by atoms with E-state index in [0.29, 0.717) is 50.3 Å². The number of nitrogens with zero attached hydrogens (tertiary/aromatic N) is 3. The molecule has 4 amide bonds. The summed E-state index contributed by atoms with van der Waals surface area (Å²) in [5.74, 6) is -0.439. The molecule has 0 radical (unpaired) electrons. The number of nitrogens with one attached hydrogen (secondary N) is 2. The number of hydrogen-bond donors (Lipinski definition) is 2. The molecule has 0 spiro atoms. The van der Waals surface area contributed by atoms with Crippen LogP contribution in [0.1, 0.15) is 22.5 Å². The first-order valence-corrected chi connectivity index (χ1v) is 11.7. The molecule has 2 aliphatic rings. The number of amides is 4. The van der Waals surface area contributed by atoms with Crippen molar-refractivity contribution < 1.29 is 14.4 Å². The van der Waals surface area contributed by atoms with Gasteiger partial charge in [0.15, 0.2) is 0 Å². The van der Waals surface area contributed by atoms with E-state index in [4.69, 9.17) is 11.6 Å². The summed E-state index contributed by atoms with van der Waals surface area (Å²) < 4.78 is 0. The van der Waals surface area contributed by atoms with Gasteiger partial charge in [-0.2, -0.15) is 0 Å². The molecule has 33 heavy (non-hydrogen) atoms. The van der Waals surface area contributed by atoms with Gasteiger partial charge in [0.2, 0.25) is 5.91 Å². The van der Waals surface area contributed by atoms with E-state index in [0.717, 1.165) is 12.8 Å². The molecule has 8 nitrogen and oxygen atoms in total. The Morgan fingerprint density at radius 2 is 2.06 bits per heavy atom. The highest BCUT2D eigenvalue weighted by atomic mass is 35.5. The van der Waals surface area contributed by atoms with Crippen LogP contribution in [-0.4, -0.2) is 46.9 Å². The van der Waals surface area contributed by atoms with Crippen molar-refractivity contribution in [3.63, 3.8) is 0 Å². The van der Waals surface area contributed by atoms with Gasteiger partial charge in [-0.15, -0.1) is 11.3 Å². The lowest BCUT2D eigenvalue weighted by Gasteiger charge is -2.32. The number of piperidine rings is 1. The lowest BCUT2D eigenvalue weighted by molar-refractivity contribution is -0.127. The Morgan fingerprint density at radius 3 is 2.82 bits per heavy atom. The van der Waals surface area contributed by atoms with Crippen LogP contribution in [0, 0.1) is 0 Å². The molecule has 2 N–H and O–H groups in total. The summed E-state index contributed by atoms with van der Waals surface area (Å²) >= 11 is 7.23. The molecule has 2 aromatic heterocycles. The fraction of sp³-hybridized carbons (Fsp3) is 0.217. The number of hydrogen-bond acceptors (Lipinski definition) is 5. The highest BCUT2D eigenvalue weighted by molar-refractivity contribution is 7.21. The minimum absolute atomic E-state index is 0.144. The van der Waals surface area contributed by atoms with Gasteiger partial charge in [0.05, 0.1) is 22.4 Å². The van der Waals surface area contributed by atoms with Gasteiger partial charge in [-0.25, -0.2) is 9.78 Å². The van der Waals surface area contributed by atoms with Crippen molar-refractivity contribution in [3.05, 3.63) is 59.1 Å². The van der Waals surface area contributed by atoms with Crippen LogP contribution in [0.15, 0.2) is 49.2 Å². The molecule has 4 heterocycles. The molecule has 5 rings (SSSR count). The normalized spacial score (nSPS) is 17.6. The summed E-state index contributed by atoms with van der Waals surface area (Å²) in [5, 5.41) is 7.19. The zero-order chi connectivity index (χ0) is 23.1. The number of benzene rings is 1. The van der Waals surface area contributed by atoms with E-state index >= 15 is 0 Å². The Labute approximate surface area is 198 Å². The van der Waals surface area contributed by atoms with Gasteiger partial charge in [-0.3, -0.25) is 14.5 Å². The van der Waals surface area contributed by atoms with Gasteiger partial charge >= 0.3 is 6.03 Å². The quantitative estimate of drug-likeness (QED) is 0.535. The third-order valence-electron chi connectivity index (χ3n) is 5.78. The number of pyridine rings is 1.